The molecule has 0 bridgehead atoms. The summed E-state index contributed by atoms with van der Waals surface area (Å²) in [6, 6.07) is 12.3. The van der Waals surface area contributed by atoms with Crippen LogP contribution in [0.4, 0.5) is 24.7 Å². The fraction of sp³-hybridized carbons (Fsp3) is 0.0556. The fourth-order valence-corrected chi connectivity index (χ4v) is 3.42. The monoisotopic (exact) mass is 411 g/mol. The Hall–Kier alpha value is -2.42. The minimum atomic E-state index is -2.04. The second kappa shape index (κ2) is 8.51. The summed E-state index contributed by atoms with van der Waals surface area (Å²) in [5.74, 6) is -1.96. The summed E-state index contributed by atoms with van der Waals surface area (Å²) in [6.07, 6.45) is 0. The van der Waals surface area contributed by atoms with Crippen LogP contribution < -0.4 is 10.0 Å². The van der Waals surface area contributed by atoms with Gasteiger partial charge in [-0.05, 0) is 18.2 Å². The molecule has 9 heteroatoms. The Balaban J connectivity index is 1.75. The van der Waals surface area contributed by atoms with Gasteiger partial charge >= 0.3 is 0 Å². The number of nitrogens with one attached hydrogen (secondary N) is 2. The number of hydrogen-bond donors (Lipinski definition) is 2. The van der Waals surface area contributed by atoms with E-state index < -0.39 is 28.9 Å². The number of rotatable bonds is 6. The molecule has 3 aromatic rings. The van der Waals surface area contributed by atoms with Gasteiger partial charge in [0.2, 0.25) is 10.8 Å². The number of pyridine rings is 1. The number of hydrogen-bond acceptors (Lipinski definition) is 4. The molecule has 0 radical (unpaired) electrons. The molecular formula is C18H13ClF3N3OS. The first-order valence-corrected chi connectivity index (χ1v) is 9.24. The van der Waals surface area contributed by atoms with E-state index >= 15 is 0 Å². The van der Waals surface area contributed by atoms with Crippen molar-refractivity contribution in [1.29, 1.82) is 0 Å². The Kier molecular flexibility index (Phi) is 6.10. The van der Waals surface area contributed by atoms with Crippen molar-refractivity contribution in [2.75, 3.05) is 10.0 Å². The highest BCUT2D eigenvalue weighted by Crippen LogP contribution is 2.29. The fourth-order valence-electron chi connectivity index (χ4n) is 2.25. The highest BCUT2D eigenvalue weighted by atomic mass is 35.5. The summed E-state index contributed by atoms with van der Waals surface area (Å²) in [4.78, 5) is 3.29. The molecule has 0 aliphatic heterocycles. The molecule has 0 aliphatic carbocycles. The van der Waals surface area contributed by atoms with Crippen molar-refractivity contribution in [2.24, 2.45) is 0 Å². The van der Waals surface area contributed by atoms with Crippen molar-refractivity contribution in [3.05, 3.63) is 82.8 Å². The lowest BCUT2D eigenvalue weighted by Crippen LogP contribution is -2.16. The number of benzene rings is 2. The van der Waals surface area contributed by atoms with E-state index in [-0.39, 0.29) is 28.0 Å². The highest BCUT2D eigenvalue weighted by molar-refractivity contribution is 7.92. The van der Waals surface area contributed by atoms with E-state index in [9.17, 15) is 17.7 Å². The van der Waals surface area contributed by atoms with Gasteiger partial charge in [-0.3, -0.25) is 0 Å². The lowest BCUT2D eigenvalue weighted by atomic mass is 10.2. The van der Waals surface area contributed by atoms with E-state index in [0.717, 1.165) is 12.1 Å². The van der Waals surface area contributed by atoms with Gasteiger partial charge in [0, 0.05) is 24.2 Å². The molecule has 3 rings (SSSR count). The second-order valence-corrected chi connectivity index (χ2v) is 7.01. The molecule has 2 N–H and O–H groups in total. The topological polar surface area (TPSA) is 60.0 Å². The molecule has 0 amide bonds. The molecule has 1 aromatic heterocycles. The maximum atomic E-state index is 14.4. The first-order valence-electron chi connectivity index (χ1n) is 7.71. The SMILES string of the molecule is [O-][S+](Nc1cccc(F)n1)c1cc(Cl)c(NCc2ccccc2F)cc1F. The van der Waals surface area contributed by atoms with Crippen LogP contribution in [-0.2, 0) is 17.9 Å². The summed E-state index contributed by atoms with van der Waals surface area (Å²) in [6.45, 7) is 0.0970. The lowest BCUT2D eigenvalue weighted by molar-refractivity contribution is 0.569. The van der Waals surface area contributed by atoms with Crippen LogP contribution >= 0.6 is 11.6 Å². The molecule has 140 valence electrons. The Morgan fingerprint density at radius 3 is 2.52 bits per heavy atom. The first-order chi connectivity index (χ1) is 12.9. The Bertz CT molecular complexity index is 961. The van der Waals surface area contributed by atoms with Gasteiger partial charge in [0.25, 0.3) is 0 Å². The molecule has 0 saturated heterocycles. The van der Waals surface area contributed by atoms with Gasteiger partial charge in [-0.25, -0.2) is 8.78 Å². The van der Waals surface area contributed by atoms with Crippen LogP contribution in [0.1, 0.15) is 5.56 Å². The number of halogens is 4. The van der Waals surface area contributed by atoms with Gasteiger partial charge in [-0.1, -0.05) is 35.9 Å². The Labute approximate surface area is 161 Å². The predicted molar refractivity (Wildman–Crippen MR) is 99.4 cm³/mol. The molecule has 1 unspecified atom stereocenters. The molecule has 0 saturated carbocycles. The van der Waals surface area contributed by atoms with Crippen LogP contribution in [-0.4, -0.2) is 9.54 Å². The van der Waals surface area contributed by atoms with Gasteiger partial charge in [0.1, 0.15) is 17.2 Å². The molecular weight excluding hydrogens is 399 g/mol. The quantitative estimate of drug-likeness (QED) is 0.447. The van der Waals surface area contributed by atoms with Crippen LogP contribution in [0.15, 0.2) is 59.5 Å². The van der Waals surface area contributed by atoms with E-state index in [1.165, 1.54) is 24.3 Å². The van der Waals surface area contributed by atoms with Crippen LogP contribution in [0.2, 0.25) is 5.02 Å². The van der Waals surface area contributed by atoms with Crippen molar-refractivity contribution in [3.8, 4) is 0 Å². The lowest BCUT2D eigenvalue weighted by Gasteiger charge is -2.14. The third-order valence-electron chi connectivity index (χ3n) is 3.56. The number of anilines is 2. The molecule has 1 heterocycles. The molecule has 1 atom stereocenters. The predicted octanol–water partition coefficient (Wildman–Crippen LogP) is 4.90. The van der Waals surface area contributed by atoms with Gasteiger partial charge in [0.15, 0.2) is 11.6 Å². The van der Waals surface area contributed by atoms with E-state index in [4.69, 9.17) is 11.6 Å². The van der Waals surface area contributed by atoms with Crippen LogP contribution in [0.5, 0.6) is 0 Å². The summed E-state index contributed by atoms with van der Waals surface area (Å²) < 4.78 is 55.8. The second-order valence-electron chi connectivity index (χ2n) is 5.42. The summed E-state index contributed by atoms with van der Waals surface area (Å²) in [5.41, 5.74) is 0.613. The third kappa shape index (κ3) is 4.85. The number of aromatic nitrogens is 1. The van der Waals surface area contributed by atoms with Crippen molar-refractivity contribution >= 4 is 34.5 Å². The molecule has 0 spiro atoms. The Morgan fingerprint density at radius 2 is 1.78 bits per heavy atom. The molecule has 4 nitrogen and oxygen atoms in total. The average molecular weight is 412 g/mol. The molecule has 0 aliphatic rings. The smallest absolute Gasteiger partial charge is 0.217 e. The van der Waals surface area contributed by atoms with Gasteiger partial charge in [0.05, 0.1) is 10.7 Å². The summed E-state index contributed by atoms with van der Waals surface area (Å²) in [5, 5.41) is 2.94. The highest BCUT2D eigenvalue weighted by Gasteiger charge is 2.21. The minimum absolute atomic E-state index is 0.00869. The molecule has 27 heavy (non-hydrogen) atoms. The van der Waals surface area contributed by atoms with E-state index in [1.54, 1.807) is 18.2 Å². The van der Waals surface area contributed by atoms with Crippen LogP contribution in [0.3, 0.4) is 0 Å². The summed E-state index contributed by atoms with van der Waals surface area (Å²) >= 11 is 4.08. The summed E-state index contributed by atoms with van der Waals surface area (Å²) in [7, 11) is 0. The Morgan fingerprint density at radius 1 is 1.00 bits per heavy atom. The zero-order chi connectivity index (χ0) is 19.4. The van der Waals surface area contributed by atoms with Crippen LogP contribution in [0, 0.1) is 17.6 Å². The van der Waals surface area contributed by atoms with E-state index in [2.05, 4.69) is 15.0 Å². The standard InChI is InChI=1S/C18H13ClF3N3OS/c19-12-8-16(27(26)25-18-7-3-6-17(22)24-18)14(21)9-15(12)23-10-11-4-1-2-5-13(11)20/h1-9,23H,10H2,(H,24,25). The molecule has 2 aromatic carbocycles. The third-order valence-corrected chi connectivity index (χ3v) is 4.98. The maximum Gasteiger partial charge on any atom is 0.217 e. The first kappa shape index (κ1) is 19.3. The van der Waals surface area contributed by atoms with E-state index in [1.807, 2.05) is 0 Å². The zero-order valence-corrected chi connectivity index (χ0v) is 15.3. The minimum Gasteiger partial charge on any atom is -0.588 e. The van der Waals surface area contributed by atoms with Crippen molar-refractivity contribution < 1.29 is 17.7 Å². The van der Waals surface area contributed by atoms with Crippen molar-refractivity contribution in [3.63, 3.8) is 0 Å². The molecule has 0 fully saturated rings. The van der Waals surface area contributed by atoms with E-state index in [0.29, 0.717) is 5.56 Å². The van der Waals surface area contributed by atoms with Gasteiger partial charge in [-0.15, -0.1) is 0 Å². The van der Waals surface area contributed by atoms with Gasteiger partial charge in [-0.2, -0.15) is 14.1 Å². The largest absolute Gasteiger partial charge is 0.588 e. The van der Waals surface area contributed by atoms with Gasteiger partial charge < -0.3 is 9.87 Å². The average Bonchev–Trinajstić information content (AvgIpc) is 2.63. The number of nitrogens with zero attached hydrogens (tertiary/aromatic N) is 1. The van der Waals surface area contributed by atoms with Crippen molar-refractivity contribution in [1.82, 2.24) is 4.98 Å². The normalized spacial score (nSPS) is 11.9. The zero-order valence-electron chi connectivity index (χ0n) is 13.7. The maximum absolute atomic E-state index is 14.4. The van der Waals surface area contributed by atoms with Crippen LogP contribution in [0.25, 0.3) is 0 Å². The van der Waals surface area contributed by atoms with Crippen molar-refractivity contribution in [2.45, 2.75) is 11.4 Å².